The Labute approximate surface area is 80.5 Å². The molecular weight excluding hydrogens is 162 g/mol. The number of azide groups is 1. The minimum Gasteiger partial charge on any atom is -0.103 e. The molecule has 0 aromatic heterocycles. The van der Waals surface area contributed by atoms with E-state index in [0.29, 0.717) is 6.54 Å². The fourth-order valence-corrected chi connectivity index (χ4v) is 1.22. The monoisotopic (exact) mass is 181 g/mol. The van der Waals surface area contributed by atoms with Gasteiger partial charge in [-0.05, 0) is 24.8 Å². The highest BCUT2D eigenvalue weighted by Gasteiger charge is 1.89. The molecule has 74 valence electrons. The average Bonchev–Trinajstić information content (AvgIpc) is 2.16. The van der Waals surface area contributed by atoms with Crippen LogP contribution in [0.5, 0.6) is 0 Å². The molecule has 3 nitrogen and oxygen atoms in total. The molecule has 0 aliphatic carbocycles. The summed E-state index contributed by atoms with van der Waals surface area (Å²) in [6.07, 6.45) is 10.5. The van der Waals surface area contributed by atoms with Crippen molar-refractivity contribution in [2.75, 3.05) is 6.54 Å². The van der Waals surface area contributed by atoms with Crippen LogP contribution in [0, 0.1) is 0 Å². The van der Waals surface area contributed by atoms with Gasteiger partial charge in [0.25, 0.3) is 0 Å². The Hall–Kier alpha value is -0.950. The van der Waals surface area contributed by atoms with E-state index in [1.807, 2.05) is 6.08 Å². The van der Waals surface area contributed by atoms with Gasteiger partial charge in [0, 0.05) is 11.5 Å². The molecule has 0 saturated carbocycles. The zero-order valence-electron chi connectivity index (χ0n) is 8.28. The molecule has 0 bridgehead atoms. The Balaban J connectivity index is 2.90. The molecule has 0 fully saturated rings. The van der Waals surface area contributed by atoms with Gasteiger partial charge < -0.3 is 0 Å². The summed E-state index contributed by atoms with van der Waals surface area (Å²) in [5.41, 5.74) is 8.02. The zero-order chi connectivity index (χ0) is 9.78. The summed E-state index contributed by atoms with van der Waals surface area (Å²) in [5.74, 6) is 0. The summed E-state index contributed by atoms with van der Waals surface area (Å²) < 4.78 is 0. The van der Waals surface area contributed by atoms with E-state index < -0.39 is 0 Å². The van der Waals surface area contributed by atoms with Crippen LogP contribution in [0.15, 0.2) is 17.8 Å². The Morgan fingerprint density at radius 2 is 1.69 bits per heavy atom. The van der Waals surface area contributed by atoms with E-state index in [0.717, 1.165) is 12.8 Å². The van der Waals surface area contributed by atoms with Gasteiger partial charge in [0.15, 0.2) is 0 Å². The first kappa shape index (κ1) is 12.0. The van der Waals surface area contributed by atoms with Gasteiger partial charge in [0.05, 0.1) is 0 Å². The van der Waals surface area contributed by atoms with Gasteiger partial charge in [-0.15, -0.1) is 6.58 Å². The van der Waals surface area contributed by atoms with Gasteiger partial charge in [-0.2, -0.15) is 0 Å². The van der Waals surface area contributed by atoms with Crippen LogP contribution < -0.4 is 0 Å². The fourth-order valence-electron chi connectivity index (χ4n) is 1.22. The van der Waals surface area contributed by atoms with Gasteiger partial charge in [-0.25, -0.2) is 0 Å². The van der Waals surface area contributed by atoms with Crippen LogP contribution in [-0.4, -0.2) is 6.54 Å². The third-order valence-corrected chi connectivity index (χ3v) is 1.98. The van der Waals surface area contributed by atoms with E-state index in [1.165, 1.54) is 32.1 Å². The third-order valence-electron chi connectivity index (χ3n) is 1.98. The molecule has 3 heteroatoms. The number of allylic oxidation sites excluding steroid dienone is 1. The second-order valence-electron chi connectivity index (χ2n) is 3.15. The second kappa shape index (κ2) is 11.1. The maximum absolute atomic E-state index is 8.02. The van der Waals surface area contributed by atoms with Crippen LogP contribution in [-0.2, 0) is 0 Å². The zero-order valence-corrected chi connectivity index (χ0v) is 8.28. The number of nitrogens with zero attached hydrogens (tertiary/aromatic N) is 3. The molecule has 0 N–H and O–H groups in total. The fraction of sp³-hybridized carbons (Fsp3) is 0.800. The van der Waals surface area contributed by atoms with Crippen LogP contribution in [0.4, 0.5) is 0 Å². The van der Waals surface area contributed by atoms with Crippen molar-refractivity contribution in [2.45, 2.75) is 44.9 Å². The quantitative estimate of drug-likeness (QED) is 0.168. The van der Waals surface area contributed by atoms with Gasteiger partial charge >= 0.3 is 0 Å². The highest BCUT2D eigenvalue weighted by molar-refractivity contribution is 4.65. The lowest BCUT2D eigenvalue weighted by molar-refractivity contribution is 0.600. The summed E-state index contributed by atoms with van der Waals surface area (Å²) in [6.45, 7) is 4.34. The molecule has 0 radical (unpaired) electrons. The lowest BCUT2D eigenvalue weighted by atomic mass is 10.1. The molecule has 0 rings (SSSR count). The topological polar surface area (TPSA) is 48.8 Å². The van der Waals surface area contributed by atoms with Crippen molar-refractivity contribution in [3.63, 3.8) is 0 Å². The number of unbranched alkanes of at least 4 members (excludes halogenated alkanes) is 6. The van der Waals surface area contributed by atoms with Crippen LogP contribution in [0.1, 0.15) is 44.9 Å². The molecule has 0 aliphatic rings. The lowest BCUT2D eigenvalue weighted by Crippen LogP contribution is -1.82. The van der Waals surface area contributed by atoms with E-state index in [2.05, 4.69) is 16.6 Å². The molecule has 0 aliphatic heterocycles. The van der Waals surface area contributed by atoms with Crippen molar-refractivity contribution in [1.29, 1.82) is 0 Å². The molecule has 0 aromatic carbocycles. The van der Waals surface area contributed by atoms with E-state index in [-0.39, 0.29) is 0 Å². The Bertz CT molecular complexity index is 160. The first-order valence-electron chi connectivity index (χ1n) is 5.03. The van der Waals surface area contributed by atoms with Crippen molar-refractivity contribution in [2.24, 2.45) is 5.11 Å². The summed E-state index contributed by atoms with van der Waals surface area (Å²) in [4.78, 5) is 2.71. The predicted molar refractivity (Wildman–Crippen MR) is 56.5 cm³/mol. The normalized spacial score (nSPS) is 9.23. The van der Waals surface area contributed by atoms with Crippen molar-refractivity contribution in [1.82, 2.24) is 0 Å². The molecule has 0 atom stereocenters. The Kier molecular flexibility index (Phi) is 10.2. The van der Waals surface area contributed by atoms with Crippen molar-refractivity contribution in [3.8, 4) is 0 Å². The summed E-state index contributed by atoms with van der Waals surface area (Å²) in [6, 6.07) is 0. The smallest absolute Gasteiger partial charge is 0.0257 e. The number of rotatable bonds is 9. The highest BCUT2D eigenvalue weighted by Crippen LogP contribution is 2.07. The largest absolute Gasteiger partial charge is 0.103 e. The van der Waals surface area contributed by atoms with Crippen LogP contribution in [0.25, 0.3) is 10.4 Å². The first-order valence-corrected chi connectivity index (χ1v) is 5.03. The van der Waals surface area contributed by atoms with E-state index in [1.54, 1.807) is 0 Å². The maximum atomic E-state index is 8.02. The second-order valence-corrected chi connectivity index (χ2v) is 3.15. The minimum atomic E-state index is 0.656. The van der Waals surface area contributed by atoms with Crippen molar-refractivity contribution < 1.29 is 0 Å². The molecule has 0 spiro atoms. The number of hydrogen-bond acceptors (Lipinski definition) is 1. The summed E-state index contributed by atoms with van der Waals surface area (Å²) in [7, 11) is 0. The molecule has 0 aromatic rings. The highest BCUT2D eigenvalue weighted by atomic mass is 15.1. The summed E-state index contributed by atoms with van der Waals surface area (Å²) >= 11 is 0. The summed E-state index contributed by atoms with van der Waals surface area (Å²) in [5, 5.41) is 3.49. The molecule has 0 amide bonds. The van der Waals surface area contributed by atoms with Crippen molar-refractivity contribution >= 4 is 0 Å². The van der Waals surface area contributed by atoms with E-state index in [4.69, 9.17) is 5.53 Å². The van der Waals surface area contributed by atoms with Gasteiger partial charge in [-0.1, -0.05) is 36.9 Å². The number of hydrogen-bond donors (Lipinski definition) is 0. The van der Waals surface area contributed by atoms with Crippen molar-refractivity contribution in [3.05, 3.63) is 23.1 Å². The standard InChI is InChI=1S/C10H19N3/c1-2-3-4-5-6-7-8-9-10-12-13-11/h2H,1,3-10H2. The predicted octanol–water partition coefficient (Wildman–Crippen LogP) is 4.21. The van der Waals surface area contributed by atoms with Crippen LogP contribution in [0.3, 0.4) is 0 Å². The SMILES string of the molecule is C=CCCCCCCCCN=[N+]=[N-]. The van der Waals surface area contributed by atoms with E-state index >= 15 is 0 Å². The molecule has 0 heterocycles. The Morgan fingerprint density at radius 1 is 1.08 bits per heavy atom. The van der Waals surface area contributed by atoms with E-state index in [9.17, 15) is 0 Å². The average molecular weight is 181 g/mol. The van der Waals surface area contributed by atoms with Gasteiger partial charge in [-0.3, -0.25) is 0 Å². The third kappa shape index (κ3) is 11.0. The molecule has 0 unspecified atom stereocenters. The van der Waals surface area contributed by atoms with Gasteiger partial charge in [0.1, 0.15) is 0 Å². The molecule has 13 heavy (non-hydrogen) atoms. The lowest BCUT2D eigenvalue weighted by Gasteiger charge is -1.98. The van der Waals surface area contributed by atoms with Crippen LogP contribution in [0.2, 0.25) is 0 Å². The Morgan fingerprint density at radius 3 is 2.31 bits per heavy atom. The first-order chi connectivity index (χ1) is 6.41. The maximum Gasteiger partial charge on any atom is 0.0257 e. The molecular formula is C10H19N3. The van der Waals surface area contributed by atoms with Crippen LogP contribution >= 0.6 is 0 Å². The molecule has 0 saturated heterocycles. The minimum absolute atomic E-state index is 0.656. The van der Waals surface area contributed by atoms with Gasteiger partial charge in [0.2, 0.25) is 0 Å².